The van der Waals surface area contributed by atoms with Crippen LogP contribution in [0.4, 0.5) is 0 Å². The lowest BCUT2D eigenvalue weighted by Crippen LogP contribution is -1.75. The zero-order valence-electron chi connectivity index (χ0n) is 6.28. The summed E-state index contributed by atoms with van der Waals surface area (Å²) in [6, 6.07) is 0. The topological polar surface area (TPSA) is 23.9 Å². The van der Waals surface area contributed by atoms with Crippen molar-refractivity contribution in [1.29, 1.82) is 5.41 Å². The summed E-state index contributed by atoms with van der Waals surface area (Å²) in [7, 11) is 0. The zero-order valence-corrected chi connectivity index (χ0v) is 6.28. The fraction of sp³-hybridized carbons (Fsp3) is 0.625. The largest absolute Gasteiger partial charge is 0.313 e. The number of allylic oxidation sites excluding steroid dienone is 2. The van der Waals surface area contributed by atoms with Crippen LogP contribution in [0.15, 0.2) is 11.6 Å². The van der Waals surface area contributed by atoms with E-state index >= 15 is 0 Å². The van der Waals surface area contributed by atoms with Gasteiger partial charge in [-0.15, -0.1) is 0 Å². The highest BCUT2D eigenvalue weighted by Gasteiger charge is 1.83. The maximum Gasteiger partial charge on any atom is 0.000239 e. The van der Waals surface area contributed by atoms with E-state index in [9.17, 15) is 0 Å². The molecular weight excluding hydrogens is 110 g/mol. The summed E-state index contributed by atoms with van der Waals surface area (Å²) in [4.78, 5) is 0. The Labute approximate surface area is 57.3 Å². The minimum atomic E-state index is 0.797. The van der Waals surface area contributed by atoms with E-state index < -0.39 is 0 Å². The Kier molecular flexibility index (Phi) is 5.18. The molecule has 0 bridgehead atoms. The fourth-order valence-electron chi connectivity index (χ4n) is 0.757. The van der Waals surface area contributed by atoms with E-state index in [-0.39, 0.29) is 0 Å². The van der Waals surface area contributed by atoms with Crippen LogP contribution in [0.5, 0.6) is 0 Å². The molecule has 1 nitrogen and oxygen atoms in total. The molecule has 9 heavy (non-hydrogen) atoms. The van der Waals surface area contributed by atoms with Gasteiger partial charge in [0.1, 0.15) is 0 Å². The molecule has 0 aromatic heterocycles. The normalized spacial score (nSPS) is 11.6. The van der Waals surface area contributed by atoms with Crippen LogP contribution in [0.1, 0.15) is 33.1 Å². The second-order valence-corrected chi connectivity index (χ2v) is 2.24. The van der Waals surface area contributed by atoms with Crippen molar-refractivity contribution in [3.05, 3.63) is 11.6 Å². The van der Waals surface area contributed by atoms with Gasteiger partial charge >= 0.3 is 0 Å². The van der Waals surface area contributed by atoms with Crippen molar-refractivity contribution < 1.29 is 0 Å². The average molecular weight is 125 g/mol. The highest BCUT2D eigenvalue weighted by molar-refractivity contribution is 5.55. The minimum Gasteiger partial charge on any atom is -0.313 e. The van der Waals surface area contributed by atoms with E-state index in [4.69, 9.17) is 5.41 Å². The predicted molar refractivity (Wildman–Crippen MR) is 42.1 cm³/mol. The number of hydrogen-bond acceptors (Lipinski definition) is 1. The highest BCUT2D eigenvalue weighted by Crippen LogP contribution is 2.02. The molecule has 1 heteroatoms. The lowest BCUT2D eigenvalue weighted by Gasteiger charge is -1.93. The van der Waals surface area contributed by atoms with Crippen molar-refractivity contribution in [3.8, 4) is 0 Å². The first-order valence-corrected chi connectivity index (χ1v) is 3.45. The monoisotopic (exact) mass is 125 g/mol. The molecule has 0 aliphatic rings. The third-order valence-corrected chi connectivity index (χ3v) is 1.23. The van der Waals surface area contributed by atoms with Gasteiger partial charge in [-0.1, -0.05) is 25.0 Å². The Bertz CT molecular complexity index is 103. The first-order chi connectivity index (χ1) is 4.31. The van der Waals surface area contributed by atoms with Gasteiger partial charge in [-0.05, 0) is 19.6 Å². The van der Waals surface area contributed by atoms with Crippen LogP contribution in [-0.2, 0) is 0 Å². The summed E-state index contributed by atoms with van der Waals surface area (Å²) < 4.78 is 0. The first-order valence-electron chi connectivity index (χ1n) is 3.45. The van der Waals surface area contributed by atoms with E-state index in [1.54, 1.807) is 0 Å². The van der Waals surface area contributed by atoms with Gasteiger partial charge in [0.25, 0.3) is 0 Å². The second-order valence-electron chi connectivity index (χ2n) is 2.24. The zero-order chi connectivity index (χ0) is 7.11. The maximum absolute atomic E-state index is 6.76. The Balaban J connectivity index is 3.42. The third kappa shape index (κ3) is 5.28. The van der Waals surface area contributed by atoms with Crippen molar-refractivity contribution in [2.45, 2.75) is 33.1 Å². The van der Waals surface area contributed by atoms with E-state index in [0.29, 0.717) is 0 Å². The minimum absolute atomic E-state index is 0.797. The highest BCUT2D eigenvalue weighted by atomic mass is 14.3. The van der Waals surface area contributed by atoms with Gasteiger partial charge in [-0.25, -0.2) is 0 Å². The lowest BCUT2D eigenvalue weighted by atomic mass is 10.1. The summed E-state index contributed by atoms with van der Waals surface area (Å²) >= 11 is 0. The molecule has 0 aromatic rings. The molecule has 0 saturated carbocycles. The molecular formula is C8H15N. The van der Waals surface area contributed by atoms with E-state index in [1.165, 1.54) is 24.6 Å². The average Bonchev–Trinajstić information content (AvgIpc) is 1.85. The van der Waals surface area contributed by atoms with Crippen molar-refractivity contribution in [1.82, 2.24) is 0 Å². The molecule has 1 N–H and O–H groups in total. The molecule has 0 spiro atoms. The molecule has 0 saturated heterocycles. The Morgan fingerprint density at radius 1 is 1.56 bits per heavy atom. The van der Waals surface area contributed by atoms with Gasteiger partial charge in [0.15, 0.2) is 0 Å². The SMILES string of the molecule is CCC/C(C)=C/CC=N. The van der Waals surface area contributed by atoms with Gasteiger partial charge in [0.05, 0.1) is 0 Å². The van der Waals surface area contributed by atoms with Gasteiger partial charge < -0.3 is 5.41 Å². The van der Waals surface area contributed by atoms with Crippen molar-refractivity contribution in [2.24, 2.45) is 0 Å². The fourth-order valence-corrected chi connectivity index (χ4v) is 0.757. The van der Waals surface area contributed by atoms with Crippen LogP contribution < -0.4 is 0 Å². The lowest BCUT2D eigenvalue weighted by molar-refractivity contribution is 0.901. The Hall–Kier alpha value is -0.590. The van der Waals surface area contributed by atoms with Crippen molar-refractivity contribution >= 4 is 6.21 Å². The van der Waals surface area contributed by atoms with Crippen molar-refractivity contribution in [2.75, 3.05) is 0 Å². The van der Waals surface area contributed by atoms with Crippen molar-refractivity contribution in [3.63, 3.8) is 0 Å². The summed E-state index contributed by atoms with van der Waals surface area (Å²) in [6.07, 6.45) is 6.72. The smallest absolute Gasteiger partial charge is 0.000239 e. The maximum atomic E-state index is 6.76. The molecule has 0 aliphatic heterocycles. The molecule has 0 radical (unpaired) electrons. The molecule has 0 amide bonds. The van der Waals surface area contributed by atoms with Gasteiger partial charge in [0.2, 0.25) is 0 Å². The third-order valence-electron chi connectivity index (χ3n) is 1.23. The first kappa shape index (κ1) is 8.41. The van der Waals surface area contributed by atoms with E-state index in [2.05, 4.69) is 19.9 Å². The molecule has 0 fully saturated rings. The molecule has 0 aliphatic carbocycles. The number of hydrogen-bond donors (Lipinski definition) is 1. The van der Waals surface area contributed by atoms with Gasteiger partial charge in [-0.3, -0.25) is 0 Å². The molecule has 0 heterocycles. The number of rotatable bonds is 4. The van der Waals surface area contributed by atoms with E-state index in [0.717, 1.165) is 6.42 Å². The van der Waals surface area contributed by atoms with Crippen LogP contribution >= 0.6 is 0 Å². The Morgan fingerprint density at radius 3 is 2.67 bits per heavy atom. The quantitative estimate of drug-likeness (QED) is 0.441. The van der Waals surface area contributed by atoms with Crippen LogP contribution in [0.25, 0.3) is 0 Å². The molecule has 52 valence electrons. The predicted octanol–water partition coefficient (Wildman–Crippen LogP) is 2.77. The van der Waals surface area contributed by atoms with Crippen LogP contribution in [0.3, 0.4) is 0 Å². The van der Waals surface area contributed by atoms with E-state index in [1.807, 2.05) is 0 Å². The van der Waals surface area contributed by atoms with Gasteiger partial charge in [0, 0.05) is 6.42 Å². The summed E-state index contributed by atoms with van der Waals surface area (Å²) in [5.74, 6) is 0. The van der Waals surface area contributed by atoms with Gasteiger partial charge in [-0.2, -0.15) is 0 Å². The molecule has 0 unspecified atom stereocenters. The van der Waals surface area contributed by atoms with Crippen LogP contribution in [0, 0.1) is 5.41 Å². The summed E-state index contributed by atoms with van der Waals surface area (Å²) in [6.45, 7) is 4.29. The standard InChI is InChI=1S/C8H15N/c1-3-5-8(2)6-4-7-9/h6-7,9H,3-5H2,1-2H3/b8-6+,9-7?. The summed E-state index contributed by atoms with van der Waals surface area (Å²) in [5.41, 5.74) is 1.40. The van der Waals surface area contributed by atoms with Crippen LogP contribution in [-0.4, -0.2) is 6.21 Å². The molecule has 0 aromatic carbocycles. The molecule has 0 rings (SSSR count). The second kappa shape index (κ2) is 5.54. The number of nitrogens with one attached hydrogen (secondary N) is 1. The summed E-state index contributed by atoms with van der Waals surface area (Å²) in [5, 5.41) is 6.76. The molecule has 0 atom stereocenters. The Morgan fingerprint density at radius 2 is 2.22 bits per heavy atom. The van der Waals surface area contributed by atoms with Crippen LogP contribution in [0.2, 0.25) is 0 Å².